The van der Waals surface area contributed by atoms with Crippen LogP contribution in [0.4, 0.5) is 0 Å². The topological polar surface area (TPSA) is 38.3 Å². The van der Waals surface area contributed by atoms with E-state index in [0.29, 0.717) is 6.42 Å². The highest BCUT2D eigenvalue weighted by molar-refractivity contribution is 5.81. The van der Waals surface area contributed by atoms with Gasteiger partial charge < -0.3 is 10.1 Å². The number of rotatable bonds is 3. The summed E-state index contributed by atoms with van der Waals surface area (Å²) in [6, 6.07) is 8.08. The summed E-state index contributed by atoms with van der Waals surface area (Å²) in [4.78, 5) is 11.5. The SMILES string of the molecule is CC(C)Oc1ccc(C2CC(=O)NC2(C)C)cc1. The smallest absolute Gasteiger partial charge is 0.221 e. The molecule has 0 aromatic heterocycles. The predicted octanol–water partition coefficient (Wildman–Crippen LogP) is 2.86. The van der Waals surface area contributed by atoms with Crippen LogP contribution in [0.2, 0.25) is 0 Å². The van der Waals surface area contributed by atoms with Gasteiger partial charge in [-0.2, -0.15) is 0 Å². The van der Waals surface area contributed by atoms with Crippen LogP contribution in [0.5, 0.6) is 5.75 Å². The van der Waals surface area contributed by atoms with Crippen molar-refractivity contribution in [1.29, 1.82) is 0 Å². The summed E-state index contributed by atoms with van der Waals surface area (Å²) in [6.07, 6.45) is 0.749. The first kappa shape index (κ1) is 12.9. The van der Waals surface area contributed by atoms with Crippen molar-refractivity contribution in [2.24, 2.45) is 0 Å². The van der Waals surface area contributed by atoms with Crippen LogP contribution in [-0.2, 0) is 4.79 Å². The van der Waals surface area contributed by atoms with Crippen molar-refractivity contribution >= 4 is 5.91 Å². The molecule has 1 unspecified atom stereocenters. The Morgan fingerprint density at radius 2 is 1.89 bits per heavy atom. The Morgan fingerprint density at radius 1 is 1.28 bits per heavy atom. The molecule has 1 N–H and O–H groups in total. The minimum absolute atomic E-state index is 0.132. The average Bonchev–Trinajstić information content (AvgIpc) is 2.52. The molecule has 0 bridgehead atoms. The monoisotopic (exact) mass is 247 g/mol. The highest BCUT2D eigenvalue weighted by atomic mass is 16.5. The van der Waals surface area contributed by atoms with Crippen LogP contribution >= 0.6 is 0 Å². The number of ether oxygens (including phenoxy) is 1. The zero-order chi connectivity index (χ0) is 13.3. The van der Waals surface area contributed by atoms with Crippen molar-refractivity contribution in [2.75, 3.05) is 0 Å². The second kappa shape index (κ2) is 4.63. The van der Waals surface area contributed by atoms with Gasteiger partial charge in [-0.25, -0.2) is 0 Å². The third kappa shape index (κ3) is 2.66. The van der Waals surface area contributed by atoms with Crippen LogP contribution < -0.4 is 10.1 Å². The quantitative estimate of drug-likeness (QED) is 0.892. The highest BCUT2D eigenvalue weighted by Gasteiger charge is 2.39. The molecular formula is C15H21NO2. The van der Waals surface area contributed by atoms with Crippen LogP contribution in [0.1, 0.15) is 45.6 Å². The summed E-state index contributed by atoms with van der Waals surface area (Å²) in [5.74, 6) is 1.24. The summed E-state index contributed by atoms with van der Waals surface area (Å²) in [5, 5.41) is 3.02. The minimum Gasteiger partial charge on any atom is -0.491 e. The number of amides is 1. The first-order valence-electron chi connectivity index (χ1n) is 6.46. The minimum atomic E-state index is -0.169. The molecule has 0 aliphatic carbocycles. The van der Waals surface area contributed by atoms with Crippen molar-refractivity contribution in [3.63, 3.8) is 0 Å². The summed E-state index contributed by atoms with van der Waals surface area (Å²) in [6.45, 7) is 8.16. The second-order valence-electron chi connectivity index (χ2n) is 5.76. The van der Waals surface area contributed by atoms with E-state index < -0.39 is 0 Å². The zero-order valence-electron chi connectivity index (χ0n) is 11.5. The van der Waals surface area contributed by atoms with Gasteiger partial charge in [0, 0.05) is 17.9 Å². The lowest BCUT2D eigenvalue weighted by atomic mass is 9.83. The van der Waals surface area contributed by atoms with Crippen molar-refractivity contribution in [3.8, 4) is 5.75 Å². The zero-order valence-corrected chi connectivity index (χ0v) is 11.5. The molecule has 3 heteroatoms. The lowest BCUT2D eigenvalue weighted by molar-refractivity contribution is -0.119. The first-order chi connectivity index (χ1) is 8.38. The van der Waals surface area contributed by atoms with Gasteiger partial charge in [-0.1, -0.05) is 12.1 Å². The Kier molecular flexibility index (Phi) is 3.33. The van der Waals surface area contributed by atoms with Gasteiger partial charge in [-0.05, 0) is 45.4 Å². The van der Waals surface area contributed by atoms with Crippen molar-refractivity contribution in [1.82, 2.24) is 5.32 Å². The van der Waals surface area contributed by atoms with Crippen molar-refractivity contribution < 1.29 is 9.53 Å². The summed E-state index contributed by atoms with van der Waals surface area (Å²) >= 11 is 0. The molecule has 3 nitrogen and oxygen atoms in total. The molecule has 18 heavy (non-hydrogen) atoms. The molecule has 1 aliphatic heterocycles. The van der Waals surface area contributed by atoms with Gasteiger partial charge in [-0.15, -0.1) is 0 Å². The molecule has 98 valence electrons. The molecule has 1 heterocycles. The van der Waals surface area contributed by atoms with Crippen LogP contribution in [0.25, 0.3) is 0 Å². The molecule has 1 atom stereocenters. The van der Waals surface area contributed by atoms with E-state index in [4.69, 9.17) is 4.74 Å². The standard InChI is InChI=1S/C15H21NO2/c1-10(2)18-12-7-5-11(6-8-12)13-9-14(17)16-15(13,3)4/h5-8,10,13H,9H2,1-4H3,(H,16,17). The Labute approximate surface area is 109 Å². The van der Waals surface area contributed by atoms with E-state index >= 15 is 0 Å². The van der Waals surface area contributed by atoms with Gasteiger partial charge in [0.05, 0.1) is 6.10 Å². The van der Waals surface area contributed by atoms with Gasteiger partial charge in [0.1, 0.15) is 5.75 Å². The van der Waals surface area contributed by atoms with Crippen LogP contribution in [0.15, 0.2) is 24.3 Å². The Bertz CT molecular complexity index is 434. The maximum absolute atomic E-state index is 11.5. The Morgan fingerprint density at radius 3 is 2.33 bits per heavy atom. The number of benzene rings is 1. The third-order valence-corrected chi connectivity index (χ3v) is 3.38. The Hall–Kier alpha value is -1.51. The molecule has 1 aromatic carbocycles. The van der Waals surface area contributed by atoms with E-state index in [-0.39, 0.29) is 23.5 Å². The Balaban J connectivity index is 2.17. The molecule has 1 amide bonds. The highest BCUT2D eigenvalue weighted by Crippen LogP contribution is 2.36. The fourth-order valence-corrected chi connectivity index (χ4v) is 2.52. The van der Waals surface area contributed by atoms with E-state index in [0.717, 1.165) is 5.75 Å². The number of nitrogens with one attached hydrogen (secondary N) is 1. The van der Waals surface area contributed by atoms with Crippen molar-refractivity contribution in [2.45, 2.75) is 51.7 Å². The lowest BCUT2D eigenvalue weighted by Gasteiger charge is -2.26. The molecule has 1 fully saturated rings. The summed E-state index contributed by atoms with van der Waals surface area (Å²) in [5.41, 5.74) is 1.02. The predicted molar refractivity (Wildman–Crippen MR) is 71.8 cm³/mol. The number of carbonyl (C=O) groups excluding carboxylic acids is 1. The van der Waals surface area contributed by atoms with E-state index in [2.05, 4.69) is 31.3 Å². The average molecular weight is 247 g/mol. The van der Waals surface area contributed by atoms with Gasteiger partial charge in [0.15, 0.2) is 0 Å². The molecule has 0 radical (unpaired) electrons. The van der Waals surface area contributed by atoms with Crippen LogP contribution in [-0.4, -0.2) is 17.6 Å². The van der Waals surface area contributed by atoms with Gasteiger partial charge in [-0.3, -0.25) is 4.79 Å². The van der Waals surface area contributed by atoms with E-state index in [1.165, 1.54) is 5.56 Å². The molecule has 1 aliphatic rings. The van der Waals surface area contributed by atoms with Gasteiger partial charge in [0.2, 0.25) is 5.91 Å². The van der Waals surface area contributed by atoms with E-state index in [1.807, 2.05) is 26.0 Å². The summed E-state index contributed by atoms with van der Waals surface area (Å²) in [7, 11) is 0. The lowest BCUT2D eigenvalue weighted by Crippen LogP contribution is -2.38. The fraction of sp³-hybridized carbons (Fsp3) is 0.533. The second-order valence-corrected chi connectivity index (χ2v) is 5.76. The molecular weight excluding hydrogens is 226 g/mol. The molecule has 1 aromatic rings. The maximum atomic E-state index is 11.5. The van der Waals surface area contributed by atoms with Gasteiger partial charge in [0.25, 0.3) is 0 Å². The van der Waals surface area contributed by atoms with Crippen molar-refractivity contribution in [3.05, 3.63) is 29.8 Å². The number of carbonyl (C=O) groups is 1. The number of hydrogen-bond acceptors (Lipinski definition) is 2. The van der Waals surface area contributed by atoms with Gasteiger partial charge >= 0.3 is 0 Å². The fourth-order valence-electron chi connectivity index (χ4n) is 2.52. The largest absolute Gasteiger partial charge is 0.491 e. The van der Waals surface area contributed by atoms with Crippen LogP contribution in [0.3, 0.4) is 0 Å². The van der Waals surface area contributed by atoms with E-state index in [9.17, 15) is 4.79 Å². The summed E-state index contributed by atoms with van der Waals surface area (Å²) < 4.78 is 5.62. The molecule has 0 saturated carbocycles. The maximum Gasteiger partial charge on any atom is 0.221 e. The van der Waals surface area contributed by atoms with E-state index in [1.54, 1.807) is 0 Å². The molecule has 2 rings (SSSR count). The number of hydrogen-bond donors (Lipinski definition) is 1. The van der Waals surface area contributed by atoms with Crippen LogP contribution in [0, 0.1) is 0 Å². The third-order valence-electron chi connectivity index (χ3n) is 3.38. The molecule has 1 saturated heterocycles. The first-order valence-corrected chi connectivity index (χ1v) is 6.46. The normalized spacial score (nSPS) is 22.1. The molecule has 0 spiro atoms.